The van der Waals surface area contributed by atoms with E-state index < -0.39 is 12.1 Å². The Balaban J connectivity index is 1.94. The Bertz CT molecular complexity index is 770. The molecule has 1 aliphatic heterocycles. The average molecular weight is 347 g/mol. The van der Waals surface area contributed by atoms with Gasteiger partial charge >= 0.3 is 5.97 Å². The number of para-hydroxylation sites is 2. The lowest BCUT2D eigenvalue weighted by Crippen LogP contribution is -2.23. The number of amides is 1. The lowest BCUT2D eigenvalue weighted by atomic mass is 10.1. The molecular formula is C17H17NO5S. The normalized spacial score (nSPS) is 15.7. The highest BCUT2D eigenvalue weighted by Gasteiger charge is 2.30. The van der Waals surface area contributed by atoms with Gasteiger partial charge in [0.05, 0.1) is 6.61 Å². The van der Waals surface area contributed by atoms with Crippen molar-refractivity contribution in [2.24, 2.45) is 0 Å². The first-order valence-corrected chi connectivity index (χ1v) is 8.42. The molecule has 0 radical (unpaired) electrons. The molecule has 0 spiro atoms. The van der Waals surface area contributed by atoms with E-state index in [-0.39, 0.29) is 19.1 Å². The molecule has 1 atom stereocenters. The van der Waals surface area contributed by atoms with Crippen LogP contribution in [0.4, 0.5) is 5.00 Å². The zero-order valence-electron chi connectivity index (χ0n) is 13.3. The minimum atomic E-state index is -0.486. The molecule has 0 bridgehead atoms. The topological polar surface area (TPSA) is 73.9 Å². The van der Waals surface area contributed by atoms with Gasteiger partial charge in [-0.3, -0.25) is 4.79 Å². The highest BCUT2D eigenvalue weighted by Crippen LogP contribution is 2.40. The first-order chi connectivity index (χ1) is 11.6. The van der Waals surface area contributed by atoms with Crippen molar-refractivity contribution in [2.45, 2.75) is 20.0 Å². The van der Waals surface area contributed by atoms with Gasteiger partial charge in [-0.1, -0.05) is 12.1 Å². The molecule has 6 nitrogen and oxygen atoms in total. The predicted octanol–water partition coefficient (Wildman–Crippen LogP) is 3.40. The van der Waals surface area contributed by atoms with Gasteiger partial charge in [-0.05, 0) is 19.1 Å². The van der Waals surface area contributed by atoms with E-state index in [9.17, 15) is 9.59 Å². The Morgan fingerprint density at radius 1 is 1.33 bits per heavy atom. The SMILES string of the molecule is CCOC(=O)c1c(C2COc3ccccc3O2)csc1NC(C)=O. The van der Waals surface area contributed by atoms with Crippen LogP contribution >= 0.6 is 11.3 Å². The third kappa shape index (κ3) is 3.21. The van der Waals surface area contributed by atoms with Crippen LogP contribution in [0.2, 0.25) is 0 Å². The number of carbonyl (C=O) groups excluding carboxylic acids is 2. The minimum Gasteiger partial charge on any atom is -0.485 e. The van der Waals surface area contributed by atoms with Gasteiger partial charge in [0.2, 0.25) is 5.91 Å². The number of rotatable bonds is 4. The predicted molar refractivity (Wildman–Crippen MR) is 89.9 cm³/mol. The molecule has 1 aromatic carbocycles. The molecule has 7 heteroatoms. The number of hydrogen-bond donors (Lipinski definition) is 1. The van der Waals surface area contributed by atoms with E-state index in [1.54, 1.807) is 12.3 Å². The zero-order valence-corrected chi connectivity index (χ0v) is 14.1. The van der Waals surface area contributed by atoms with Gasteiger partial charge in [-0.25, -0.2) is 4.79 Å². The maximum Gasteiger partial charge on any atom is 0.341 e. The number of esters is 1. The van der Waals surface area contributed by atoms with Crippen molar-refractivity contribution in [1.29, 1.82) is 0 Å². The fourth-order valence-corrected chi connectivity index (χ4v) is 3.48. The van der Waals surface area contributed by atoms with Crippen molar-refractivity contribution in [3.63, 3.8) is 0 Å². The molecule has 126 valence electrons. The molecule has 1 amide bonds. The van der Waals surface area contributed by atoms with E-state index in [1.807, 2.05) is 24.3 Å². The van der Waals surface area contributed by atoms with Gasteiger partial charge in [0.15, 0.2) is 17.6 Å². The number of anilines is 1. The van der Waals surface area contributed by atoms with Crippen LogP contribution in [0.1, 0.15) is 35.9 Å². The van der Waals surface area contributed by atoms with Crippen LogP contribution in [-0.4, -0.2) is 25.1 Å². The van der Waals surface area contributed by atoms with Gasteiger partial charge in [0, 0.05) is 17.9 Å². The number of ether oxygens (including phenoxy) is 3. The number of benzene rings is 1. The standard InChI is InChI=1S/C17H17NO5S/c1-3-21-17(20)15-11(9-24-16(15)18-10(2)19)14-8-22-12-6-4-5-7-13(12)23-14/h4-7,9,14H,3,8H2,1-2H3,(H,18,19). The summed E-state index contributed by atoms with van der Waals surface area (Å²) in [5, 5.41) is 4.92. The summed E-state index contributed by atoms with van der Waals surface area (Å²) < 4.78 is 16.8. The lowest BCUT2D eigenvalue weighted by molar-refractivity contribution is -0.114. The Kier molecular flexibility index (Phi) is 4.71. The highest BCUT2D eigenvalue weighted by atomic mass is 32.1. The van der Waals surface area contributed by atoms with Crippen molar-refractivity contribution < 1.29 is 23.8 Å². The highest BCUT2D eigenvalue weighted by molar-refractivity contribution is 7.15. The molecule has 0 aliphatic carbocycles. The first-order valence-electron chi connectivity index (χ1n) is 7.54. The van der Waals surface area contributed by atoms with Crippen molar-refractivity contribution in [1.82, 2.24) is 0 Å². The molecule has 1 aliphatic rings. The van der Waals surface area contributed by atoms with E-state index >= 15 is 0 Å². The van der Waals surface area contributed by atoms with Crippen LogP contribution in [0.15, 0.2) is 29.6 Å². The minimum absolute atomic E-state index is 0.249. The molecule has 3 rings (SSSR count). The summed E-state index contributed by atoms with van der Waals surface area (Å²) in [4.78, 5) is 23.7. The number of nitrogens with one attached hydrogen (secondary N) is 1. The summed E-state index contributed by atoms with van der Waals surface area (Å²) in [5.74, 6) is 0.555. The zero-order chi connectivity index (χ0) is 17.1. The third-order valence-electron chi connectivity index (χ3n) is 3.44. The molecule has 1 N–H and O–H groups in total. The monoisotopic (exact) mass is 347 g/mol. The van der Waals surface area contributed by atoms with E-state index in [0.29, 0.717) is 27.6 Å². The Hall–Kier alpha value is -2.54. The molecule has 0 saturated heterocycles. The number of carbonyl (C=O) groups is 2. The number of fused-ring (bicyclic) bond motifs is 1. The van der Waals surface area contributed by atoms with Gasteiger partial charge in [0.25, 0.3) is 0 Å². The van der Waals surface area contributed by atoms with Crippen molar-refractivity contribution in [2.75, 3.05) is 18.5 Å². The fourth-order valence-electron chi connectivity index (χ4n) is 2.45. The molecule has 24 heavy (non-hydrogen) atoms. The Labute approximate surface area is 143 Å². The quantitative estimate of drug-likeness (QED) is 0.858. The van der Waals surface area contributed by atoms with E-state index in [1.165, 1.54) is 18.3 Å². The smallest absolute Gasteiger partial charge is 0.341 e. The van der Waals surface area contributed by atoms with E-state index in [2.05, 4.69) is 5.32 Å². The second-order valence-corrected chi connectivity index (χ2v) is 6.04. The van der Waals surface area contributed by atoms with Gasteiger partial charge in [-0.2, -0.15) is 0 Å². The van der Waals surface area contributed by atoms with Crippen molar-refractivity contribution in [3.8, 4) is 11.5 Å². The summed E-state index contributed by atoms with van der Waals surface area (Å²) in [5.41, 5.74) is 0.974. The van der Waals surface area contributed by atoms with Crippen LogP contribution in [0.3, 0.4) is 0 Å². The van der Waals surface area contributed by atoms with Crippen LogP contribution in [0, 0.1) is 0 Å². The van der Waals surface area contributed by atoms with Crippen LogP contribution in [0.5, 0.6) is 11.5 Å². The summed E-state index contributed by atoms with van der Waals surface area (Å²) in [6.07, 6.45) is -0.446. The van der Waals surface area contributed by atoms with Crippen LogP contribution in [0.25, 0.3) is 0 Å². The molecule has 1 aromatic heterocycles. The maximum absolute atomic E-state index is 12.4. The molecular weight excluding hydrogens is 330 g/mol. The third-order valence-corrected chi connectivity index (χ3v) is 4.36. The molecule has 2 aromatic rings. The molecule has 2 heterocycles. The van der Waals surface area contributed by atoms with Crippen LogP contribution in [-0.2, 0) is 9.53 Å². The Morgan fingerprint density at radius 3 is 2.79 bits per heavy atom. The van der Waals surface area contributed by atoms with Crippen molar-refractivity contribution in [3.05, 3.63) is 40.8 Å². The molecule has 0 saturated carbocycles. The van der Waals surface area contributed by atoms with Gasteiger partial charge < -0.3 is 19.5 Å². The van der Waals surface area contributed by atoms with Crippen molar-refractivity contribution >= 4 is 28.2 Å². The average Bonchev–Trinajstić information content (AvgIpc) is 2.97. The lowest BCUT2D eigenvalue weighted by Gasteiger charge is -2.26. The molecule has 1 unspecified atom stereocenters. The Morgan fingerprint density at radius 2 is 2.08 bits per heavy atom. The summed E-state index contributed by atoms with van der Waals surface area (Å²) in [6.45, 7) is 3.65. The second-order valence-electron chi connectivity index (χ2n) is 5.16. The summed E-state index contributed by atoms with van der Waals surface area (Å²) in [7, 11) is 0. The maximum atomic E-state index is 12.4. The summed E-state index contributed by atoms with van der Waals surface area (Å²) in [6, 6.07) is 7.36. The fraction of sp³-hybridized carbons (Fsp3) is 0.294. The van der Waals surface area contributed by atoms with E-state index in [0.717, 1.165) is 0 Å². The van der Waals surface area contributed by atoms with Crippen LogP contribution < -0.4 is 14.8 Å². The summed E-state index contributed by atoms with van der Waals surface area (Å²) >= 11 is 1.27. The second kappa shape index (κ2) is 6.92. The van der Waals surface area contributed by atoms with Gasteiger partial charge in [0.1, 0.15) is 17.2 Å². The first kappa shape index (κ1) is 16.3. The number of hydrogen-bond acceptors (Lipinski definition) is 6. The van der Waals surface area contributed by atoms with E-state index in [4.69, 9.17) is 14.2 Å². The van der Waals surface area contributed by atoms with Gasteiger partial charge in [-0.15, -0.1) is 11.3 Å². The number of thiophene rings is 1. The molecule has 0 fully saturated rings. The largest absolute Gasteiger partial charge is 0.485 e.